The summed E-state index contributed by atoms with van der Waals surface area (Å²) in [5.74, 6) is 0. The molecule has 0 saturated heterocycles. The Morgan fingerprint density at radius 3 is 1.48 bits per heavy atom. The SMILES string of the molecule is CC1(C)c2ccccc2-c2c(N(c3ccccc3)c3cc4ccccc4c4c3-c3ccccc3C43c4ccccc4-c4ccc(N(c5ccccc5)c5ccccc5)cc43)cccc21. The van der Waals surface area contributed by atoms with Gasteiger partial charge in [0, 0.05) is 39.3 Å². The summed E-state index contributed by atoms with van der Waals surface area (Å²) in [6, 6.07) is 85.8. The van der Waals surface area contributed by atoms with E-state index in [0.717, 1.165) is 22.7 Å². The number of benzene rings is 10. The van der Waals surface area contributed by atoms with Crippen LogP contribution in [0.2, 0.25) is 0 Å². The van der Waals surface area contributed by atoms with E-state index in [1.54, 1.807) is 0 Å². The van der Waals surface area contributed by atoms with Gasteiger partial charge in [-0.15, -0.1) is 0 Å². The van der Waals surface area contributed by atoms with E-state index >= 15 is 0 Å². The molecule has 3 aliphatic carbocycles. The number of para-hydroxylation sites is 3. The fraction of sp³-hybridized carbons (Fsp3) is 0.0645. The van der Waals surface area contributed by atoms with Crippen molar-refractivity contribution in [2.45, 2.75) is 24.7 Å². The zero-order chi connectivity index (χ0) is 42.6. The number of hydrogen-bond acceptors (Lipinski definition) is 2. The fourth-order valence-electron chi connectivity index (χ4n) is 11.8. The summed E-state index contributed by atoms with van der Waals surface area (Å²) in [5, 5.41) is 2.49. The van der Waals surface area contributed by atoms with Gasteiger partial charge in [0.05, 0.1) is 16.8 Å². The number of nitrogens with zero attached hydrogens (tertiary/aromatic N) is 2. The lowest BCUT2D eigenvalue weighted by molar-refractivity contribution is 0.660. The molecule has 0 saturated carbocycles. The molecular weight excluding hydrogens is 773 g/mol. The quantitative estimate of drug-likeness (QED) is 0.165. The van der Waals surface area contributed by atoms with Gasteiger partial charge in [-0.25, -0.2) is 0 Å². The highest BCUT2D eigenvalue weighted by molar-refractivity contribution is 6.11. The van der Waals surface area contributed by atoms with Crippen LogP contribution in [0, 0.1) is 0 Å². The van der Waals surface area contributed by atoms with Gasteiger partial charge in [-0.2, -0.15) is 0 Å². The van der Waals surface area contributed by atoms with Crippen molar-refractivity contribution in [1.29, 1.82) is 0 Å². The first kappa shape index (κ1) is 36.7. The lowest BCUT2D eigenvalue weighted by Crippen LogP contribution is -2.27. The zero-order valence-corrected chi connectivity index (χ0v) is 35.8. The molecule has 0 amide bonds. The Bertz CT molecular complexity index is 3440. The molecule has 1 atom stereocenters. The third-order valence-electron chi connectivity index (χ3n) is 14.4. The molecule has 0 N–H and O–H groups in total. The van der Waals surface area contributed by atoms with Crippen molar-refractivity contribution in [3.63, 3.8) is 0 Å². The molecular formula is C62H44N2. The van der Waals surface area contributed by atoms with Crippen molar-refractivity contribution >= 4 is 44.9 Å². The summed E-state index contributed by atoms with van der Waals surface area (Å²) in [6.07, 6.45) is 0. The third kappa shape index (κ3) is 4.97. The molecule has 2 heteroatoms. The van der Waals surface area contributed by atoms with E-state index in [9.17, 15) is 0 Å². The van der Waals surface area contributed by atoms with Gasteiger partial charge in [0.25, 0.3) is 0 Å². The van der Waals surface area contributed by atoms with Crippen molar-refractivity contribution in [1.82, 2.24) is 0 Å². The second-order valence-electron chi connectivity index (χ2n) is 18.0. The van der Waals surface area contributed by atoms with E-state index < -0.39 is 5.41 Å². The summed E-state index contributed by atoms with van der Waals surface area (Å²) < 4.78 is 0. The van der Waals surface area contributed by atoms with Crippen LogP contribution in [0.25, 0.3) is 44.2 Å². The molecule has 0 radical (unpaired) electrons. The van der Waals surface area contributed by atoms with Gasteiger partial charge in [0.15, 0.2) is 0 Å². The van der Waals surface area contributed by atoms with E-state index in [2.05, 4.69) is 254 Å². The highest BCUT2D eigenvalue weighted by Gasteiger charge is 2.54. The van der Waals surface area contributed by atoms with Gasteiger partial charge in [-0.1, -0.05) is 184 Å². The molecule has 0 bridgehead atoms. The van der Waals surface area contributed by atoms with Crippen molar-refractivity contribution in [2.24, 2.45) is 0 Å². The zero-order valence-electron chi connectivity index (χ0n) is 35.8. The van der Waals surface area contributed by atoms with Crippen LogP contribution >= 0.6 is 0 Å². The highest BCUT2D eigenvalue weighted by Crippen LogP contribution is 2.67. The largest absolute Gasteiger partial charge is 0.310 e. The minimum absolute atomic E-state index is 0.144. The van der Waals surface area contributed by atoms with Gasteiger partial charge >= 0.3 is 0 Å². The van der Waals surface area contributed by atoms with Crippen molar-refractivity contribution in [2.75, 3.05) is 9.80 Å². The Labute approximate surface area is 375 Å². The van der Waals surface area contributed by atoms with Crippen molar-refractivity contribution < 1.29 is 0 Å². The Morgan fingerprint density at radius 2 is 0.812 bits per heavy atom. The molecule has 0 heterocycles. The molecule has 10 aromatic rings. The monoisotopic (exact) mass is 816 g/mol. The Morgan fingerprint density at radius 1 is 0.312 bits per heavy atom. The van der Waals surface area contributed by atoms with Crippen LogP contribution in [0.3, 0.4) is 0 Å². The topological polar surface area (TPSA) is 6.48 Å². The van der Waals surface area contributed by atoms with Crippen LogP contribution in [-0.4, -0.2) is 0 Å². The molecule has 1 unspecified atom stereocenters. The molecule has 10 aromatic carbocycles. The van der Waals surface area contributed by atoms with Crippen molar-refractivity contribution in [3.05, 3.63) is 264 Å². The molecule has 0 aromatic heterocycles. The standard InChI is InChI=1S/C62H44N2/c1-61(2)51-32-17-15-30-49(51)58-54(61)35-20-36-56(58)64(44-26-10-5-11-27-44)57-39-41-21-12-13-28-46(41)60-59(57)50-31-16-19-34-53(50)62(60)52-33-18-14-29-47(52)48-38-37-45(40-55(48)62)63(42-22-6-3-7-23-42)43-24-8-4-9-25-43/h3-40H,1-2H3. The van der Waals surface area contributed by atoms with Gasteiger partial charge in [0.1, 0.15) is 0 Å². The van der Waals surface area contributed by atoms with E-state index in [4.69, 9.17) is 0 Å². The lowest BCUT2D eigenvalue weighted by atomic mass is 9.69. The average Bonchev–Trinajstić information content (AvgIpc) is 3.92. The predicted octanol–water partition coefficient (Wildman–Crippen LogP) is 16.4. The third-order valence-corrected chi connectivity index (χ3v) is 14.4. The first-order chi connectivity index (χ1) is 31.5. The van der Waals surface area contributed by atoms with E-state index in [1.165, 1.54) is 88.9 Å². The maximum Gasteiger partial charge on any atom is 0.0733 e. The number of rotatable bonds is 6. The Balaban J connectivity index is 1.16. The minimum Gasteiger partial charge on any atom is -0.310 e. The van der Waals surface area contributed by atoms with Crippen LogP contribution in [0.1, 0.15) is 47.2 Å². The molecule has 1 spiro atoms. The normalized spacial score (nSPS) is 15.5. The van der Waals surface area contributed by atoms with Gasteiger partial charge in [-0.3, -0.25) is 0 Å². The first-order valence-corrected chi connectivity index (χ1v) is 22.4. The van der Waals surface area contributed by atoms with Crippen LogP contribution in [-0.2, 0) is 10.8 Å². The summed E-state index contributed by atoms with van der Waals surface area (Å²) in [5.41, 5.74) is 21.8. The second kappa shape index (κ2) is 13.8. The van der Waals surface area contributed by atoms with Crippen LogP contribution in [0.5, 0.6) is 0 Å². The molecule has 0 aliphatic heterocycles. The van der Waals surface area contributed by atoms with Gasteiger partial charge < -0.3 is 9.80 Å². The number of fused-ring (bicyclic) bond motifs is 15. The maximum atomic E-state index is 2.57. The molecule has 3 aliphatic rings. The number of hydrogen-bond donors (Lipinski definition) is 0. The summed E-state index contributed by atoms with van der Waals surface area (Å²) in [7, 11) is 0. The number of anilines is 6. The average molecular weight is 817 g/mol. The van der Waals surface area contributed by atoms with Gasteiger partial charge in [-0.05, 0) is 127 Å². The van der Waals surface area contributed by atoms with E-state index in [1.807, 2.05) is 0 Å². The molecule has 2 nitrogen and oxygen atoms in total. The second-order valence-corrected chi connectivity index (χ2v) is 18.0. The molecule has 302 valence electrons. The van der Waals surface area contributed by atoms with E-state index in [0.29, 0.717) is 0 Å². The molecule has 0 fully saturated rings. The maximum absolute atomic E-state index is 2.57. The summed E-state index contributed by atoms with van der Waals surface area (Å²) in [6.45, 7) is 4.75. The predicted molar refractivity (Wildman–Crippen MR) is 267 cm³/mol. The van der Waals surface area contributed by atoms with Crippen molar-refractivity contribution in [3.8, 4) is 33.4 Å². The Hall–Kier alpha value is -7.94. The van der Waals surface area contributed by atoms with E-state index in [-0.39, 0.29) is 5.41 Å². The first-order valence-electron chi connectivity index (χ1n) is 22.4. The van der Waals surface area contributed by atoms with Gasteiger partial charge in [0.2, 0.25) is 0 Å². The Kier molecular flexibility index (Phi) is 7.90. The lowest BCUT2D eigenvalue weighted by Gasteiger charge is -2.34. The molecule has 64 heavy (non-hydrogen) atoms. The molecule has 13 rings (SSSR count). The van der Waals surface area contributed by atoms with Crippen LogP contribution in [0.15, 0.2) is 231 Å². The summed E-state index contributed by atoms with van der Waals surface area (Å²) in [4.78, 5) is 4.97. The summed E-state index contributed by atoms with van der Waals surface area (Å²) >= 11 is 0. The highest BCUT2D eigenvalue weighted by atomic mass is 15.2. The van der Waals surface area contributed by atoms with Crippen LogP contribution < -0.4 is 9.80 Å². The minimum atomic E-state index is -0.613. The fourth-order valence-corrected chi connectivity index (χ4v) is 11.8. The smallest absolute Gasteiger partial charge is 0.0733 e. The van der Waals surface area contributed by atoms with Crippen LogP contribution in [0.4, 0.5) is 34.1 Å².